The zero-order valence-corrected chi connectivity index (χ0v) is 14.1. The van der Waals surface area contributed by atoms with Crippen molar-refractivity contribution in [3.8, 4) is 5.75 Å². The van der Waals surface area contributed by atoms with E-state index in [2.05, 4.69) is 26.2 Å². The van der Waals surface area contributed by atoms with Crippen LogP contribution < -0.4 is 10.1 Å². The van der Waals surface area contributed by atoms with Crippen LogP contribution in [0.5, 0.6) is 5.75 Å². The second-order valence-corrected chi connectivity index (χ2v) is 6.78. The van der Waals surface area contributed by atoms with Crippen LogP contribution in [0, 0.1) is 0 Å². The van der Waals surface area contributed by atoms with E-state index in [1.54, 1.807) is 18.1 Å². The predicted octanol–water partition coefficient (Wildman–Crippen LogP) is 2.04. The molecule has 6 nitrogen and oxygen atoms in total. The van der Waals surface area contributed by atoms with Gasteiger partial charge in [0.25, 0.3) is 5.91 Å². The molecule has 2 unspecified atom stereocenters. The lowest BCUT2D eigenvalue weighted by Gasteiger charge is -2.34. The number of benzene rings is 1. The average Bonchev–Trinajstić information content (AvgIpc) is 3.13. The Bertz CT molecular complexity index is 816. The van der Waals surface area contributed by atoms with E-state index in [4.69, 9.17) is 4.74 Å². The highest BCUT2D eigenvalue weighted by Gasteiger charge is 2.44. The van der Waals surface area contributed by atoms with Crippen LogP contribution in [0.15, 0.2) is 22.7 Å². The van der Waals surface area contributed by atoms with Crippen molar-refractivity contribution >= 4 is 38.6 Å². The third-order valence-electron chi connectivity index (χ3n) is 4.70. The van der Waals surface area contributed by atoms with E-state index in [9.17, 15) is 9.59 Å². The molecule has 2 N–H and O–H groups in total. The maximum absolute atomic E-state index is 12.9. The first-order valence-electron chi connectivity index (χ1n) is 7.55. The highest BCUT2D eigenvalue weighted by Crippen LogP contribution is 2.34. The van der Waals surface area contributed by atoms with Gasteiger partial charge in [-0.05, 0) is 47.0 Å². The topological polar surface area (TPSA) is 74.4 Å². The van der Waals surface area contributed by atoms with Gasteiger partial charge in [-0.2, -0.15) is 0 Å². The Morgan fingerprint density at radius 2 is 2.22 bits per heavy atom. The van der Waals surface area contributed by atoms with Gasteiger partial charge in [-0.25, -0.2) is 0 Å². The molecular weight excluding hydrogens is 362 g/mol. The van der Waals surface area contributed by atoms with Crippen LogP contribution >= 0.6 is 15.9 Å². The fourth-order valence-corrected chi connectivity index (χ4v) is 4.02. The highest BCUT2D eigenvalue weighted by molar-refractivity contribution is 9.10. The second kappa shape index (κ2) is 5.26. The summed E-state index contributed by atoms with van der Waals surface area (Å²) < 4.78 is 6.23. The lowest BCUT2D eigenvalue weighted by atomic mass is 10.2. The number of H-pyrrole nitrogens is 1. The average molecular weight is 378 g/mol. The van der Waals surface area contributed by atoms with Crippen molar-refractivity contribution in [1.29, 1.82) is 0 Å². The maximum atomic E-state index is 12.9. The molecule has 0 radical (unpaired) electrons. The summed E-state index contributed by atoms with van der Waals surface area (Å²) in [7, 11) is 1.60. The van der Waals surface area contributed by atoms with Crippen molar-refractivity contribution in [2.45, 2.75) is 24.9 Å². The van der Waals surface area contributed by atoms with Crippen LogP contribution in [0.1, 0.15) is 23.3 Å². The molecule has 4 rings (SSSR count). The molecule has 2 aliphatic heterocycles. The number of fused-ring (bicyclic) bond motifs is 3. The number of nitrogens with one attached hydrogen (secondary N) is 2. The van der Waals surface area contributed by atoms with E-state index in [0.29, 0.717) is 18.0 Å². The van der Waals surface area contributed by atoms with E-state index in [0.717, 1.165) is 28.2 Å². The van der Waals surface area contributed by atoms with Gasteiger partial charge in [-0.3, -0.25) is 9.59 Å². The molecule has 0 saturated carbocycles. The molecule has 2 fully saturated rings. The molecule has 7 heteroatoms. The minimum Gasteiger partial charge on any atom is -0.496 e. The number of ether oxygens (including phenoxy) is 1. The van der Waals surface area contributed by atoms with E-state index >= 15 is 0 Å². The quantitative estimate of drug-likeness (QED) is 0.840. The zero-order valence-electron chi connectivity index (χ0n) is 12.6. The lowest BCUT2D eigenvalue weighted by Crippen LogP contribution is -2.57. The summed E-state index contributed by atoms with van der Waals surface area (Å²) in [6.45, 7) is 0.536. The molecule has 1 aromatic carbocycles. The summed E-state index contributed by atoms with van der Waals surface area (Å²) in [5.41, 5.74) is 1.30. The molecule has 0 spiro atoms. The van der Waals surface area contributed by atoms with Crippen LogP contribution in [0.3, 0.4) is 0 Å². The van der Waals surface area contributed by atoms with Gasteiger partial charge in [0.15, 0.2) is 0 Å². The molecule has 2 aromatic rings. The number of halogens is 1. The zero-order chi connectivity index (χ0) is 16.1. The maximum Gasteiger partial charge on any atom is 0.271 e. The first-order valence-corrected chi connectivity index (χ1v) is 8.35. The summed E-state index contributed by atoms with van der Waals surface area (Å²) in [5.74, 6) is 0.525. The normalized spacial score (nSPS) is 23.2. The molecule has 3 heterocycles. The van der Waals surface area contributed by atoms with Crippen molar-refractivity contribution < 1.29 is 14.3 Å². The van der Waals surface area contributed by atoms with Crippen molar-refractivity contribution in [3.05, 3.63) is 28.4 Å². The van der Waals surface area contributed by atoms with E-state index in [1.165, 1.54) is 0 Å². The van der Waals surface area contributed by atoms with Crippen molar-refractivity contribution in [2.75, 3.05) is 13.7 Å². The number of carbonyl (C=O) groups excluding carboxylic acids is 2. The van der Waals surface area contributed by atoms with Gasteiger partial charge >= 0.3 is 0 Å². The smallest absolute Gasteiger partial charge is 0.271 e. The number of hydrogen-bond donors (Lipinski definition) is 2. The van der Waals surface area contributed by atoms with Crippen molar-refractivity contribution in [1.82, 2.24) is 15.2 Å². The number of aromatic amines is 1. The number of amides is 2. The minimum absolute atomic E-state index is 0.0537. The first-order chi connectivity index (χ1) is 11.1. The molecule has 2 aliphatic rings. The van der Waals surface area contributed by atoms with Gasteiger partial charge in [-0.15, -0.1) is 0 Å². The standard InChI is InChI=1S/C16H16BrN3O3/c1-23-13-5-3-10(17)14-9(13)6-11(19-14)16(22)20-8-2-4-12(20)15(21)18-7-8/h3,5-6,8,12,19H,2,4,7H2,1H3,(H,18,21). The largest absolute Gasteiger partial charge is 0.496 e. The molecular formula is C16H16BrN3O3. The SMILES string of the molecule is COc1ccc(Br)c2[nH]c(C(=O)N3C4CCC3C(=O)NC4)cc12. The van der Waals surface area contributed by atoms with Gasteiger partial charge in [0.2, 0.25) is 5.91 Å². The Labute approximate surface area is 141 Å². The van der Waals surface area contributed by atoms with Crippen molar-refractivity contribution in [2.24, 2.45) is 0 Å². The van der Waals surface area contributed by atoms with Crippen molar-refractivity contribution in [3.63, 3.8) is 0 Å². The molecule has 1 aromatic heterocycles. The van der Waals surface area contributed by atoms with Gasteiger partial charge in [0.05, 0.1) is 18.7 Å². The van der Waals surface area contributed by atoms with Crippen LogP contribution in [-0.4, -0.2) is 47.4 Å². The molecule has 2 bridgehead atoms. The lowest BCUT2D eigenvalue weighted by molar-refractivity contribution is -0.127. The molecule has 2 atom stereocenters. The van der Waals surface area contributed by atoms with Gasteiger partial charge in [0, 0.05) is 16.4 Å². The summed E-state index contributed by atoms with van der Waals surface area (Å²) in [5, 5.41) is 3.71. The molecule has 23 heavy (non-hydrogen) atoms. The van der Waals surface area contributed by atoms with Crippen LogP contribution in [-0.2, 0) is 4.79 Å². The van der Waals surface area contributed by atoms with Crippen LogP contribution in [0.25, 0.3) is 10.9 Å². The summed E-state index contributed by atoms with van der Waals surface area (Å²) in [4.78, 5) is 29.8. The third kappa shape index (κ3) is 2.14. The summed E-state index contributed by atoms with van der Waals surface area (Å²) in [6.07, 6.45) is 1.60. The summed E-state index contributed by atoms with van der Waals surface area (Å²) in [6, 6.07) is 5.27. The minimum atomic E-state index is -0.349. The van der Waals surface area contributed by atoms with Crippen LogP contribution in [0.4, 0.5) is 0 Å². The third-order valence-corrected chi connectivity index (χ3v) is 5.37. The van der Waals surface area contributed by atoms with Gasteiger partial charge in [0.1, 0.15) is 17.5 Å². The van der Waals surface area contributed by atoms with Crippen LogP contribution in [0.2, 0.25) is 0 Å². The predicted molar refractivity (Wildman–Crippen MR) is 88.5 cm³/mol. The van der Waals surface area contributed by atoms with E-state index < -0.39 is 0 Å². The second-order valence-electron chi connectivity index (χ2n) is 5.93. The highest BCUT2D eigenvalue weighted by atomic mass is 79.9. The molecule has 2 saturated heterocycles. The number of aromatic nitrogens is 1. The first kappa shape index (κ1) is 14.6. The fraction of sp³-hybridized carbons (Fsp3) is 0.375. The molecule has 120 valence electrons. The molecule has 2 amide bonds. The Kier molecular flexibility index (Phi) is 3.33. The Morgan fingerprint density at radius 3 is 3.00 bits per heavy atom. The summed E-state index contributed by atoms with van der Waals surface area (Å²) >= 11 is 3.49. The number of nitrogens with zero attached hydrogens (tertiary/aromatic N) is 1. The Morgan fingerprint density at radius 1 is 1.39 bits per heavy atom. The number of methoxy groups -OCH3 is 1. The monoisotopic (exact) mass is 377 g/mol. The van der Waals surface area contributed by atoms with Gasteiger partial charge < -0.3 is 19.9 Å². The fourth-order valence-electron chi connectivity index (χ4n) is 3.58. The van der Waals surface area contributed by atoms with Gasteiger partial charge in [-0.1, -0.05) is 0 Å². The Balaban J connectivity index is 1.76. The number of carbonyl (C=O) groups is 2. The van der Waals surface area contributed by atoms with E-state index in [-0.39, 0.29) is 23.9 Å². The number of piperazine rings is 1. The number of rotatable bonds is 2. The Hall–Kier alpha value is -2.02. The molecule has 0 aliphatic carbocycles. The van der Waals surface area contributed by atoms with E-state index in [1.807, 2.05) is 12.1 Å². The number of hydrogen-bond acceptors (Lipinski definition) is 3.